The molecule has 0 bridgehead atoms. The summed E-state index contributed by atoms with van der Waals surface area (Å²) in [5.74, 6) is 0.230. The van der Waals surface area contributed by atoms with Gasteiger partial charge in [-0.15, -0.1) is 10.2 Å². The SMILES string of the molecule is Cn1c(COc2ccc(F)cc2)nnc1SCC(=O)Nc1cc([N+](=O)[O-])ccc1Cl. The number of aromatic nitrogens is 3. The van der Waals surface area contributed by atoms with Gasteiger partial charge in [0.15, 0.2) is 11.0 Å². The second-order valence-electron chi connectivity index (χ2n) is 5.96. The molecule has 1 N–H and O–H groups in total. The van der Waals surface area contributed by atoms with Crippen LogP contribution in [0.4, 0.5) is 15.8 Å². The van der Waals surface area contributed by atoms with Crippen molar-refractivity contribution in [1.82, 2.24) is 14.8 Å². The van der Waals surface area contributed by atoms with Gasteiger partial charge < -0.3 is 14.6 Å². The molecular formula is C18H15ClFN5O4S. The molecule has 0 aliphatic rings. The standard InChI is InChI=1S/C18H15ClFN5O4S/c1-24-16(9-29-13-5-2-11(20)3-6-13)22-23-18(24)30-10-17(26)21-15-8-12(25(27)28)4-7-14(15)19/h2-8H,9-10H2,1H3,(H,21,26). The average molecular weight is 452 g/mol. The van der Waals surface area contributed by atoms with Crippen LogP contribution in [0.5, 0.6) is 5.75 Å². The van der Waals surface area contributed by atoms with Gasteiger partial charge >= 0.3 is 0 Å². The van der Waals surface area contributed by atoms with Gasteiger partial charge in [0, 0.05) is 19.2 Å². The van der Waals surface area contributed by atoms with Crippen LogP contribution >= 0.6 is 23.4 Å². The molecule has 0 aliphatic carbocycles. The molecular weight excluding hydrogens is 437 g/mol. The number of hydrogen-bond acceptors (Lipinski definition) is 7. The van der Waals surface area contributed by atoms with E-state index in [1.165, 1.54) is 42.5 Å². The van der Waals surface area contributed by atoms with Crippen molar-refractivity contribution in [2.45, 2.75) is 11.8 Å². The number of anilines is 1. The number of non-ortho nitro benzene ring substituents is 1. The fourth-order valence-electron chi connectivity index (χ4n) is 2.31. The van der Waals surface area contributed by atoms with E-state index in [1.807, 2.05) is 0 Å². The van der Waals surface area contributed by atoms with Crippen molar-refractivity contribution >= 4 is 40.6 Å². The van der Waals surface area contributed by atoms with Gasteiger partial charge in [-0.3, -0.25) is 14.9 Å². The second-order valence-corrected chi connectivity index (χ2v) is 7.31. The van der Waals surface area contributed by atoms with Gasteiger partial charge in [0.1, 0.15) is 18.2 Å². The van der Waals surface area contributed by atoms with E-state index in [2.05, 4.69) is 15.5 Å². The first kappa shape index (κ1) is 21.5. The summed E-state index contributed by atoms with van der Waals surface area (Å²) in [6, 6.07) is 9.38. The number of carbonyl (C=O) groups excluding carboxylic acids is 1. The summed E-state index contributed by atoms with van der Waals surface area (Å²) >= 11 is 7.11. The van der Waals surface area contributed by atoms with Crippen LogP contribution in [0.3, 0.4) is 0 Å². The van der Waals surface area contributed by atoms with E-state index in [1.54, 1.807) is 11.6 Å². The van der Waals surface area contributed by atoms with Crippen molar-refractivity contribution in [3.05, 3.63) is 69.2 Å². The third-order valence-corrected chi connectivity index (χ3v) is 5.22. The van der Waals surface area contributed by atoms with Crippen LogP contribution in [-0.4, -0.2) is 31.3 Å². The maximum Gasteiger partial charge on any atom is 0.271 e. The molecule has 3 aromatic rings. The van der Waals surface area contributed by atoms with Gasteiger partial charge in [0.05, 0.1) is 21.4 Å². The molecule has 2 aromatic carbocycles. The predicted octanol–water partition coefficient (Wildman–Crippen LogP) is 3.83. The van der Waals surface area contributed by atoms with Crippen molar-refractivity contribution in [1.29, 1.82) is 0 Å². The number of nitrogens with one attached hydrogen (secondary N) is 1. The fourth-order valence-corrected chi connectivity index (χ4v) is 3.21. The Balaban J connectivity index is 1.56. The number of rotatable bonds is 8. The molecule has 0 unspecified atom stereocenters. The first-order chi connectivity index (χ1) is 14.3. The number of halogens is 2. The molecule has 1 amide bonds. The summed E-state index contributed by atoms with van der Waals surface area (Å²) < 4.78 is 20.1. The summed E-state index contributed by atoms with van der Waals surface area (Å²) in [4.78, 5) is 22.5. The minimum atomic E-state index is -0.574. The molecule has 0 spiro atoms. The number of ether oxygens (including phenoxy) is 1. The molecule has 0 radical (unpaired) electrons. The maximum atomic E-state index is 12.9. The highest BCUT2D eigenvalue weighted by Gasteiger charge is 2.15. The third-order valence-electron chi connectivity index (χ3n) is 3.87. The summed E-state index contributed by atoms with van der Waals surface area (Å²) in [5, 5.41) is 22.1. The molecule has 12 heteroatoms. The van der Waals surface area contributed by atoms with Gasteiger partial charge in [-0.25, -0.2) is 4.39 Å². The molecule has 156 valence electrons. The van der Waals surface area contributed by atoms with Gasteiger partial charge in [0.25, 0.3) is 5.69 Å². The highest BCUT2D eigenvalue weighted by atomic mass is 35.5. The van der Waals surface area contributed by atoms with E-state index in [-0.39, 0.29) is 34.6 Å². The van der Waals surface area contributed by atoms with Crippen molar-refractivity contribution < 1.29 is 18.8 Å². The first-order valence-corrected chi connectivity index (χ1v) is 9.83. The van der Waals surface area contributed by atoms with Crippen molar-refractivity contribution in [2.24, 2.45) is 7.05 Å². The number of thioether (sulfide) groups is 1. The molecule has 30 heavy (non-hydrogen) atoms. The molecule has 1 heterocycles. The number of carbonyl (C=O) groups is 1. The summed E-state index contributed by atoms with van der Waals surface area (Å²) in [6.07, 6.45) is 0. The minimum Gasteiger partial charge on any atom is -0.486 e. The molecule has 0 saturated heterocycles. The lowest BCUT2D eigenvalue weighted by atomic mass is 10.3. The monoisotopic (exact) mass is 451 g/mol. The summed E-state index contributed by atoms with van der Waals surface area (Å²) in [7, 11) is 1.72. The van der Waals surface area contributed by atoms with Gasteiger partial charge in [-0.2, -0.15) is 0 Å². The molecule has 9 nitrogen and oxygen atoms in total. The van der Waals surface area contributed by atoms with Crippen LogP contribution in [0.2, 0.25) is 5.02 Å². The van der Waals surface area contributed by atoms with E-state index < -0.39 is 10.8 Å². The average Bonchev–Trinajstić information content (AvgIpc) is 3.07. The van der Waals surface area contributed by atoms with Crippen LogP contribution in [0.15, 0.2) is 47.6 Å². The molecule has 0 saturated carbocycles. The molecule has 1 aromatic heterocycles. The Morgan fingerprint density at radius 3 is 2.73 bits per heavy atom. The van der Waals surface area contributed by atoms with Crippen LogP contribution < -0.4 is 10.1 Å². The lowest BCUT2D eigenvalue weighted by Crippen LogP contribution is -2.15. The predicted molar refractivity (Wildman–Crippen MR) is 109 cm³/mol. The summed E-state index contributed by atoms with van der Waals surface area (Å²) in [5.41, 5.74) is -0.0238. The van der Waals surface area contributed by atoms with Gasteiger partial charge in [-0.05, 0) is 30.3 Å². The number of nitrogens with zero attached hydrogens (tertiary/aromatic N) is 4. The van der Waals surface area contributed by atoms with Gasteiger partial charge in [0.2, 0.25) is 5.91 Å². The van der Waals surface area contributed by atoms with Crippen LogP contribution in [0.1, 0.15) is 5.82 Å². The highest BCUT2D eigenvalue weighted by molar-refractivity contribution is 7.99. The first-order valence-electron chi connectivity index (χ1n) is 8.46. The number of nitro benzene ring substituents is 1. The number of hydrogen-bond donors (Lipinski definition) is 1. The van der Waals surface area contributed by atoms with Crippen LogP contribution in [0, 0.1) is 15.9 Å². The second kappa shape index (κ2) is 9.55. The number of amides is 1. The highest BCUT2D eigenvalue weighted by Crippen LogP contribution is 2.27. The van der Waals surface area contributed by atoms with E-state index >= 15 is 0 Å². The maximum absolute atomic E-state index is 12.9. The lowest BCUT2D eigenvalue weighted by molar-refractivity contribution is -0.384. The molecule has 3 rings (SSSR count). The Hall–Kier alpha value is -3.18. The Kier molecular flexibility index (Phi) is 6.85. The zero-order chi connectivity index (χ0) is 21.7. The van der Waals surface area contributed by atoms with Crippen molar-refractivity contribution in [2.75, 3.05) is 11.1 Å². The summed E-state index contributed by atoms with van der Waals surface area (Å²) in [6.45, 7) is 0.116. The topological polar surface area (TPSA) is 112 Å². The number of benzene rings is 2. The van der Waals surface area contributed by atoms with E-state index in [4.69, 9.17) is 16.3 Å². The fraction of sp³-hybridized carbons (Fsp3) is 0.167. The van der Waals surface area contributed by atoms with E-state index in [0.29, 0.717) is 16.7 Å². The van der Waals surface area contributed by atoms with Gasteiger partial charge in [-0.1, -0.05) is 23.4 Å². The zero-order valence-corrected chi connectivity index (χ0v) is 17.1. The molecule has 0 fully saturated rings. The molecule has 0 aliphatic heterocycles. The van der Waals surface area contributed by atoms with Crippen LogP contribution in [0.25, 0.3) is 0 Å². The Morgan fingerprint density at radius 2 is 2.03 bits per heavy atom. The quantitative estimate of drug-likeness (QED) is 0.314. The normalized spacial score (nSPS) is 10.6. The number of nitro groups is 1. The third kappa shape index (κ3) is 5.45. The zero-order valence-electron chi connectivity index (χ0n) is 15.5. The largest absolute Gasteiger partial charge is 0.486 e. The lowest BCUT2D eigenvalue weighted by Gasteiger charge is -2.08. The Bertz CT molecular complexity index is 1080. The van der Waals surface area contributed by atoms with E-state index in [0.717, 1.165) is 11.8 Å². The minimum absolute atomic E-state index is 0.0101. The molecule has 0 atom stereocenters. The van der Waals surface area contributed by atoms with Crippen molar-refractivity contribution in [3.8, 4) is 5.75 Å². The Labute approximate surface area is 179 Å². The van der Waals surface area contributed by atoms with Crippen LogP contribution in [-0.2, 0) is 18.4 Å². The smallest absolute Gasteiger partial charge is 0.271 e. The van der Waals surface area contributed by atoms with Crippen molar-refractivity contribution in [3.63, 3.8) is 0 Å². The van der Waals surface area contributed by atoms with E-state index in [9.17, 15) is 19.3 Å². The Morgan fingerprint density at radius 1 is 1.30 bits per heavy atom.